The normalized spacial score (nSPS) is 11.6. The number of hydrogen-bond acceptors (Lipinski definition) is 4. The molecule has 0 aliphatic carbocycles. The van der Waals surface area contributed by atoms with Gasteiger partial charge in [-0.3, -0.25) is 0 Å². The summed E-state index contributed by atoms with van der Waals surface area (Å²) in [7, 11) is -3.55. The quantitative estimate of drug-likeness (QED) is 0.652. The first kappa shape index (κ1) is 12.7. The summed E-state index contributed by atoms with van der Waals surface area (Å²) in [6.45, 7) is 1.82. The van der Waals surface area contributed by atoms with E-state index in [1.54, 1.807) is 6.92 Å². The van der Waals surface area contributed by atoms with Gasteiger partial charge in [-0.2, -0.15) is 13.1 Å². The largest absolute Gasteiger partial charge is 0.475 e. The molecular formula is C8H12N2O5S. The monoisotopic (exact) mass is 248 g/mol. The fourth-order valence-electron chi connectivity index (χ4n) is 0.995. The molecule has 0 saturated carbocycles. The lowest BCUT2D eigenvalue weighted by Crippen LogP contribution is -2.35. The third kappa shape index (κ3) is 3.65. The van der Waals surface area contributed by atoms with Crippen molar-refractivity contribution in [3.05, 3.63) is 23.7 Å². The van der Waals surface area contributed by atoms with Crippen molar-refractivity contribution in [3.63, 3.8) is 0 Å². The minimum absolute atomic E-state index is 0.0946. The number of hydrogen-bond donors (Lipinski definition) is 3. The molecule has 1 aromatic heterocycles. The Balaban J connectivity index is 2.58. The number of furan rings is 1. The van der Waals surface area contributed by atoms with E-state index in [1.165, 1.54) is 12.1 Å². The maximum atomic E-state index is 11.2. The molecule has 90 valence electrons. The number of carboxylic acid groups (broad SMARTS) is 1. The maximum Gasteiger partial charge on any atom is 0.371 e. The van der Waals surface area contributed by atoms with Crippen LogP contribution in [-0.2, 0) is 16.8 Å². The third-order valence-electron chi connectivity index (χ3n) is 1.64. The summed E-state index contributed by atoms with van der Waals surface area (Å²) >= 11 is 0. The minimum atomic E-state index is -3.55. The van der Waals surface area contributed by atoms with Crippen molar-refractivity contribution in [3.8, 4) is 0 Å². The molecular weight excluding hydrogens is 236 g/mol. The lowest BCUT2D eigenvalue weighted by molar-refractivity contribution is 0.0660. The summed E-state index contributed by atoms with van der Waals surface area (Å²) in [5, 5.41) is 8.57. The highest BCUT2D eigenvalue weighted by Gasteiger charge is 2.11. The zero-order chi connectivity index (χ0) is 12.2. The smallest absolute Gasteiger partial charge is 0.371 e. The molecule has 0 aliphatic rings. The van der Waals surface area contributed by atoms with E-state index >= 15 is 0 Å². The molecule has 16 heavy (non-hydrogen) atoms. The zero-order valence-corrected chi connectivity index (χ0v) is 9.37. The maximum absolute atomic E-state index is 11.2. The van der Waals surface area contributed by atoms with Crippen LogP contribution in [-0.4, -0.2) is 26.0 Å². The van der Waals surface area contributed by atoms with Crippen LogP contribution in [0.15, 0.2) is 16.5 Å². The van der Waals surface area contributed by atoms with Crippen LogP contribution >= 0.6 is 0 Å². The number of carbonyl (C=O) groups is 1. The van der Waals surface area contributed by atoms with Crippen LogP contribution in [0.4, 0.5) is 0 Å². The molecule has 3 N–H and O–H groups in total. The van der Waals surface area contributed by atoms with Gasteiger partial charge in [0, 0.05) is 6.54 Å². The van der Waals surface area contributed by atoms with Gasteiger partial charge in [-0.15, -0.1) is 0 Å². The molecule has 0 radical (unpaired) electrons. The van der Waals surface area contributed by atoms with E-state index in [-0.39, 0.29) is 24.6 Å². The lowest BCUT2D eigenvalue weighted by atomic mass is 10.4. The van der Waals surface area contributed by atoms with Gasteiger partial charge >= 0.3 is 5.97 Å². The molecule has 0 bridgehead atoms. The van der Waals surface area contributed by atoms with Crippen LogP contribution < -0.4 is 9.44 Å². The van der Waals surface area contributed by atoms with Crippen molar-refractivity contribution in [2.45, 2.75) is 13.5 Å². The van der Waals surface area contributed by atoms with Crippen molar-refractivity contribution >= 4 is 16.2 Å². The fraction of sp³-hybridized carbons (Fsp3) is 0.375. The van der Waals surface area contributed by atoms with E-state index in [9.17, 15) is 13.2 Å². The highest BCUT2D eigenvalue weighted by molar-refractivity contribution is 7.87. The minimum Gasteiger partial charge on any atom is -0.475 e. The number of aromatic carboxylic acids is 1. The van der Waals surface area contributed by atoms with Crippen molar-refractivity contribution < 1.29 is 22.7 Å². The van der Waals surface area contributed by atoms with Crippen LogP contribution in [0.1, 0.15) is 23.2 Å². The molecule has 0 aliphatic heterocycles. The van der Waals surface area contributed by atoms with Gasteiger partial charge in [0.2, 0.25) is 5.76 Å². The van der Waals surface area contributed by atoms with Gasteiger partial charge < -0.3 is 9.52 Å². The summed E-state index contributed by atoms with van der Waals surface area (Å²) in [6, 6.07) is 2.66. The second-order valence-corrected chi connectivity index (χ2v) is 4.48. The molecule has 0 aromatic carbocycles. The Hall–Kier alpha value is -1.38. The zero-order valence-electron chi connectivity index (χ0n) is 8.56. The molecule has 0 saturated heterocycles. The first-order chi connectivity index (χ1) is 7.44. The van der Waals surface area contributed by atoms with Gasteiger partial charge in [0.25, 0.3) is 10.2 Å². The van der Waals surface area contributed by atoms with Crippen LogP contribution in [0.2, 0.25) is 0 Å². The van der Waals surface area contributed by atoms with E-state index in [0.717, 1.165) is 0 Å². The van der Waals surface area contributed by atoms with E-state index in [2.05, 4.69) is 9.44 Å². The Bertz CT molecular complexity index is 465. The van der Waals surface area contributed by atoms with Gasteiger partial charge in [-0.05, 0) is 12.1 Å². The predicted octanol–water partition coefficient (Wildman–Crippen LogP) is -0.0783. The van der Waals surface area contributed by atoms with Crippen LogP contribution in [0.3, 0.4) is 0 Å². The van der Waals surface area contributed by atoms with Gasteiger partial charge in [-0.1, -0.05) is 6.92 Å². The number of nitrogens with one attached hydrogen (secondary N) is 2. The standard InChI is InChI=1S/C8H12N2O5S/c1-2-9-16(13,14)10-5-6-3-4-7(15-6)8(11)12/h3-4,9-10H,2,5H2,1H3,(H,11,12). The molecule has 0 atom stereocenters. The Morgan fingerprint density at radius 1 is 1.44 bits per heavy atom. The molecule has 0 unspecified atom stereocenters. The second-order valence-electron chi connectivity index (χ2n) is 2.89. The van der Waals surface area contributed by atoms with E-state index < -0.39 is 16.2 Å². The highest BCUT2D eigenvalue weighted by atomic mass is 32.2. The second kappa shape index (κ2) is 5.10. The Morgan fingerprint density at radius 2 is 2.12 bits per heavy atom. The highest BCUT2D eigenvalue weighted by Crippen LogP contribution is 2.07. The van der Waals surface area contributed by atoms with Crippen molar-refractivity contribution in [2.24, 2.45) is 0 Å². The molecule has 7 nitrogen and oxygen atoms in total. The van der Waals surface area contributed by atoms with E-state index in [4.69, 9.17) is 9.52 Å². The van der Waals surface area contributed by atoms with E-state index in [1.807, 2.05) is 0 Å². The van der Waals surface area contributed by atoms with Crippen molar-refractivity contribution in [2.75, 3.05) is 6.54 Å². The Morgan fingerprint density at radius 3 is 2.62 bits per heavy atom. The van der Waals surface area contributed by atoms with Crippen LogP contribution in [0.25, 0.3) is 0 Å². The Labute approximate surface area is 92.6 Å². The molecule has 1 aromatic rings. The topological polar surface area (TPSA) is 109 Å². The van der Waals surface area contributed by atoms with Crippen molar-refractivity contribution in [1.29, 1.82) is 0 Å². The average molecular weight is 248 g/mol. The first-order valence-corrected chi connectivity index (χ1v) is 5.99. The van der Waals surface area contributed by atoms with Gasteiger partial charge in [0.05, 0.1) is 6.54 Å². The SMILES string of the molecule is CCNS(=O)(=O)NCc1ccc(C(=O)O)o1. The molecule has 1 rings (SSSR count). The summed E-state index contributed by atoms with van der Waals surface area (Å²) in [6.07, 6.45) is 0. The van der Waals surface area contributed by atoms with Crippen LogP contribution in [0.5, 0.6) is 0 Å². The molecule has 8 heteroatoms. The molecule has 0 amide bonds. The Kier molecular flexibility index (Phi) is 4.05. The predicted molar refractivity (Wildman–Crippen MR) is 55.1 cm³/mol. The number of carboxylic acids is 1. The van der Waals surface area contributed by atoms with Gasteiger partial charge in [-0.25, -0.2) is 9.52 Å². The lowest BCUT2D eigenvalue weighted by Gasteiger charge is -2.04. The number of rotatable bonds is 6. The summed E-state index contributed by atoms with van der Waals surface area (Å²) in [4.78, 5) is 10.5. The van der Waals surface area contributed by atoms with Gasteiger partial charge in [0.1, 0.15) is 5.76 Å². The van der Waals surface area contributed by atoms with Crippen molar-refractivity contribution in [1.82, 2.24) is 9.44 Å². The van der Waals surface area contributed by atoms with E-state index in [0.29, 0.717) is 0 Å². The summed E-state index contributed by atoms with van der Waals surface area (Å²) in [5.74, 6) is -1.18. The van der Waals surface area contributed by atoms with Crippen LogP contribution in [0, 0.1) is 0 Å². The van der Waals surface area contributed by atoms with Gasteiger partial charge in [0.15, 0.2) is 0 Å². The average Bonchev–Trinajstić information content (AvgIpc) is 2.63. The fourth-order valence-corrected chi connectivity index (χ4v) is 1.81. The molecule has 0 spiro atoms. The summed E-state index contributed by atoms with van der Waals surface area (Å²) < 4.78 is 31.6. The molecule has 1 heterocycles. The third-order valence-corrected chi connectivity index (χ3v) is 2.84. The first-order valence-electron chi connectivity index (χ1n) is 4.51. The summed E-state index contributed by atoms with van der Waals surface area (Å²) in [5.41, 5.74) is 0. The molecule has 0 fully saturated rings.